The number of hydrogen-bond acceptors (Lipinski definition) is 0. The predicted octanol–water partition coefficient (Wildman–Crippen LogP) is 18.7. The van der Waals surface area contributed by atoms with Crippen molar-refractivity contribution >= 4 is 76.8 Å². The van der Waals surface area contributed by atoms with Crippen LogP contribution in [0, 0.1) is 163 Å². The van der Waals surface area contributed by atoms with Crippen LogP contribution >= 0.6 is 0 Å². The zero-order valence-corrected chi connectivity index (χ0v) is 49.1. The molecule has 0 saturated carbocycles. The first kappa shape index (κ1) is 72.9. The molecule has 1 nitrogen and oxygen atoms in total. The lowest BCUT2D eigenvalue weighted by molar-refractivity contribution is -0.810. The van der Waals surface area contributed by atoms with Crippen molar-refractivity contribution in [1.82, 2.24) is 0 Å². The SMILES string of the molecule is CCCCCCCCCCCCCCCCCC[NH+](C)c1ccccc1.Fc1c(F)c(F)c2c(F)c([B-](c3c(F)c(F)c4c(F)c(F)c(F)c(F)c4c3F)(c3c(F)c(F)c4c(F)c(F)c(F)c(F)c4c3F)c3c(F)c(F)c4c(F)c(F)c(F)c(F)c4c3F)c(F)c(F)c2c1F. The maximum Gasteiger partial charge on any atom is 0.198 e. The van der Waals surface area contributed by atoms with Crippen LogP contribution in [0.1, 0.15) is 110 Å². The molecule has 0 aliphatic heterocycles. The van der Waals surface area contributed by atoms with Gasteiger partial charge in [-0.25, -0.2) is 123 Å². The summed E-state index contributed by atoms with van der Waals surface area (Å²) in [6.45, 7) is 3.56. The van der Waals surface area contributed by atoms with E-state index in [1.54, 1.807) is 4.90 Å². The third-order valence-corrected chi connectivity index (χ3v) is 16.9. The highest BCUT2D eigenvalue weighted by Gasteiger charge is 2.52. The number of halogens is 28. The van der Waals surface area contributed by atoms with E-state index in [4.69, 9.17) is 0 Å². The molecule has 30 heteroatoms. The standard InChI is InChI=1S/C40BF28.C25H45N/c42-13-1-5(25(54)37(66)33(62)21(1)50)17(46)29(58)9(13)41(10-14(43)2-6(18(47)30(10)59)26(55)38(67)34(63)22(2)51,11-15(44)3-7(19(48)31(11)60)27(56)39(68)35(64)23(3)52)12-16(45)4-8(20(49)32(12)61)28(57)40(69)36(65)24(4)53;1-3-4-5-6-7-8-9-10-11-12-13-14-15-16-17-21-24-26(2)25-22-19-18-20-23-25/h;18-20,22-23H,3-17,21,24H2,1-2H3/q-1;/p+1. The van der Waals surface area contributed by atoms with Gasteiger partial charge in [0.15, 0.2) is 116 Å². The fraction of sp³-hybridized carbons (Fsp3) is 0.292. The largest absolute Gasteiger partial charge is 0.305 e. The molecule has 9 rings (SSSR count). The zero-order chi connectivity index (χ0) is 70.3. The van der Waals surface area contributed by atoms with Gasteiger partial charge in [-0.15, -0.1) is 21.9 Å². The molecule has 0 radical (unpaired) electrons. The van der Waals surface area contributed by atoms with Gasteiger partial charge in [0.2, 0.25) is 0 Å². The number of unbranched alkanes of at least 4 members (excludes halogenated alkanes) is 15. The number of benzene rings is 9. The third-order valence-electron chi connectivity index (χ3n) is 16.9. The summed E-state index contributed by atoms with van der Waals surface area (Å²) in [6, 6.07) is 10.9. The van der Waals surface area contributed by atoms with Crippen molar-refractivity contribution in [1.29, 1.82) is 0 Å². The molecule has 1 N–H and O–H groups in total. The molecular formula is C65H46BF28N. The average molecular weight is 1380 g/mol. The number of para-hydroxylation sites is 1. The highest BCUT2D eigenvalue weighted by atomic mass is 19.2. The minimum absolute atomic E-state index is 1.27. The van der Waals surface area contributed by atoms with Gasteiger partial charge >= 0.3 is 0 Å². The van der Waals surface area contributed by atoms with Crippen molar-refractivity contribution in [2.75, 3.05) is 13.6 Å². The second kappa shape index (κ2) is 29.2. The smallest absolute Gasteiger partial charge is 0.198 e. The zero-order valence-electron chi connectivity index (χ0n) is 49.1. The summed E-state index contributed by atoms with van der Waals surface area (Å²) in [5.74, 6) is -102. The van der Waals surface area contributed by atoms with Crippen LogP contribution in [0.2, 0.25) is 0 Å². The van der Waals surface area contributed by atoms with Gasteiger partial charge in [0.25, 0.3) is 0 Å². The van der Waals surface area contributed by atoms with E-state index in [-0.39, 0.29) is 0 Å². The van der Waals surface area contributed by atoms with Gasteiger partial charge in [-0.2, -0.15) is 0 Å². The highest BCUT2D eigenvalue weighted by Crippen LogP contribution is 2.41. The number of quaternary nitrogens is 1. The van der Waals surface area contributed by atoms with Crippen LogP contribution in [-0.4, -0.2) is 19.7 Å². The molecule has 1 atom stereocenters. The Morgan fingerprint density at radius 2 is 0.400 bits per heavy atom. The van der Waals surface area contributed by atoms with Crippen molar-refractivity contribution in [2.24, 2.45) is 0 Å². The van der Waals surface area contributed by atoms with Gasteiger partial charge in [0, 0.05) is 0 Å². The van der Waals surface area contributed by atoms with E-state index in [2.05, 4.69) is 44.3 Å². The minimum Gasteiger partial charge on any atom is -0.305 e. The van der Waals surface area contributed by atoms with Gasteiger partial charge < -0.3 is 4.90 Å². The molecule has 0 aromatic heterocycles. The van der Waals surface area contributed by atoms with E-state index < -0.39 is 234 Å². The minimum atomic E-state index is -7.99. The molecule has 0 amide bonds. The summed E-state index contributed by atoms with van der Waals surface area (Å²) >= 11 is 0. The van der Waals surface area contributed by atoms with Crippen molar-refractivity contribution in [3.8, 4) is 0 Å². The summed E-state index contributed by atoms with van der Waals surface area (Å²) in [7, 11) is 2.29. The van der Waals surface area contributed by atoms with E-state index in [9.17, 15) is 35.1 Å². The lowest BCUT2D eigenvalue weighted by Gasteiger charge is -2.45. The Kier molecular flexibility index (Phi) is 22.4. The first-order chi connectivity index (χ1) is 44.8. The van der Waals surface area contributed by atoms with Crippen LogP contribution in [0.15, 0.2) is 30.3 Å². The van der Waals surface area contributed by atoms with Crippen LogP contribution < -0.4 is 26.8 Å². The van der Waals surface area contributed by atoms with Crippen molar-refractivity contribution in [3.63, 3.8) is 0 Å². The molecule has 510 valence electrons. The fourth-order valence-corrected chi connectivity index (χ4v) is 12.2. The van der Waals surface area contributed by atoms with Crippen molar-refractivity contribution < 1.29 is 128 Å². The molecule has 0 fully saturated rings. The Morgan fingerprint density at radius 1 is 0.221 bits per heavy atom. The van der Waals surface area contributed by atoms with Crippen molar-refractivity contribution in [3.05, 3.63) is 193 Å². The fourth-order valence-electron chi connectivity index (χ4n) is 12.2. The van der Waals surface area contributed by atoms with Crippen LogP contribution in [0.4, 0.5) is 129 Å². The Balaban J connectivity index is 0.000000374. The van der Waals surface area contributed by atoms with Crippen LogP contribution in [0.3, 0.4) is 0 Å². The number of fused-ring (bicyclic) bond motifs is 4. The Labute approximate surface area is 519 Å². The van der Waals surface area contributed by atoms with E-state index in [0.717, 1.165) is 0 Å². The summed E-state index contributed by atoms with van der Waals surface area (Å²) in [5.41, 5.74) is -14.4. The van der Waals surface area contributed by atoms with Gasteiger partial charge in [-0.1, -0.05) is 115 Å². The monoisotopic (exact) mass is 1380 g/mol. The van der Waals surface area contributed by atoms with E-state index in [1.807, 2.05) is 0 Å². The lowest BCUT2D eigenvalue weighted by atomic mass is 9.12. The van der Waals surface area contributed by atoms with Crippen LogP contribution in [0.5, 0.6) is 0 Å². The molecule has 0 aliphatic carbocycles. The second-order valence-corrected chi connectivity index (χ2v) is 22.5. The van der Waals surface area contributed by atoms with E-state index in [0.29, 0.717) is 0 Å². The number of hydrogen-bond donors (Lipinski definition) is 1. The van der Waals surface area contributed by atoms with Crippen LogP contribution in [0.25, 0.3) is 43.1 Å². The average Bonchev–Trinajstić information content (AvgIpc) is 0.670. The molecule has 0 heterocycles. The maximum absolute atomic E-state index is 17.4. The highest BCUT2D eigenvalue weighted by molar-refractivity contribution is 7.20. The molecule has 0 bridgehead atoms. The Bertz CT molecular complexity index is 4010. The summed E-state index contributed by atoms with van der Waals surface area (Å²) in [4.78, 5) is 1.55. The summed E-state index contributed by atoms with van der Waals surface area (Å²) in [5, 5.41) is -25.0. The molecule has 0 saturated heterocycles. The van der Waals surface area contributed by atoms with Gasteiger partial charge in [0.05, 0.1) is 56.7 Å². The lowest BCUT2D eigenvalue weighted by Crippen LogP contribution is -3.03. The number of nitrogens with one attached hydrogen (secondary N) is 1. The molecule has 0 spiro atoms. The summed E-state index contributed by atoms with van der Waals surface area (Å²) < 4.78 is 442. The van der Waals surface area contributed by atoms with Gasteiger partial charge in [0.1, 0.15) is 58.4 Å². The Morgan fingerprint density at radius 3 is 0.611 bits per heavy atom. The normalized spacial score (nSPS) is 12.4. The first-order valence-corrected chi connectivity index (χ1v) is 29.2. The molecular weight excluding hydrogens is 1340 g/mol. The predicted molar refractivity (Wildman–Crippen MR) is 296 cm³/mol. The van der Waals surface area contributed by atoms with E-state index >= 15 is 87.8 Å². The number of rotatable bonds is 22. The quantitative estimate of drug-likeness (QED) is 0.0227. The van der Waals surface area contributed by atoms with E-state index in [1.165, 1.54) is 115 Å². The Hall–Kier alpha value is -7.92. The maximum atomic E-state index is 17.4. The molecule has 9 aromatic rings. The molecule has 9 aromatic carbocycles. The van der Waals surface area contributed by atoms with Gasteiger partial charge in [-0.05, 0) is 25.0 Å². The second-order valence-electron chi connectivity index (χ2n) is 22.5. The first-order valence-electron chi connectivity index (χ1n) is 29.2. The molecule has 1 unspecified atom stereocenters. The van der Waals surface area contributed by atoms with Crippen molar-refractivity contribution in [2.45, 2.75) is 110 Å². The molecule has 0 aliphatic rings. The molecule has 95 heavy (non-hydrogen) atoms. The van der Waals surface area contributed by atoms with Crippen LogP contribution in [-0.2, 0) is 0 Å². The van der Waals surface area contributed by atoms with Gasteiger partial charge in [-0.3, -0.25) is 0 Å². The third kappa shape index (κ3) is 12.3. The summed E-state index contributed by atoms with van der Waals surface area (Å²) in [6.07, 6.45) is 15.1. The topological polar surface area (TPSA) is 4.44 Å².